The van der Waals surface area contributed by atoms with Crippen molar-refractivity contribution in [3.63, 3.8) is 0 Å². The van der Waals surface area contributed by atoms with Crippen molar-refractivity contribution in [3.8, 4) is 0 Å². The summed E-state index contributed by atoms with van der Waals surface area (Å²) in [6, 6.07) is 2.17. The summed E-state index contributed by atoms with van der Waals surface area (Å²) in [6.45, 7) is 8.41. The molecule has 1 atom stereocenters. The van der Waals surface area contributed by atoms with Crippen molar-refractivity contribution < 1.29 is 9.53 Å². The van der Waals surface area contributed by atoms with Gasteiger partial charge in [-0.25, -0.2) is 0 Å². The molecule has 2 heterocycles. The number of aromatic nitrogens is 1. The third-order valence-corrected chi connectivity index (χ3v) is 4.14. The molecule has 0 radical (unpaired) electrons. The molecular formula is C15H23BrN2O2. The largest absolute Gasteiger partial charge is 0.376 e. The number of carbonyl (C=O) groups is 1. The van der Waals surface area contributed by atoms with E-state index in [1.54, 1.807) is 0 Å². The summed E-state index contributed by atoms with van der Waals surface area (Å²) in [6.07, 6.45) is 4.32. The number of hydrogen-bond acceptors (Lipinski definition) is 2. The third kappa shape index (κ3) is 3.44. The van der Waals surface area contributed by atoms with Gasteiger partial charge in [0.1, 0.15) is 5.69 Å². The minimum Gasteiger partial charge on any atom is -0.376 e. The summed E-state index contributed by atoms with van der Waals surface area (Å²) in [5.41, 5.74) is 0.742. The number of rotatable bonds is 5. The van der Waals surface area contributed by atoms with E-state index < -0.39 is 0 Å². The first kappa shape index (κ1) is 15.6. The summed E-state index contributed by atoms with van der Waals surface area (Å²) in [4.78, 5) is 14.6. The number of halogens is 1. The number of hydrogen-bond donors (Lipinski definition) is 0. The molecule has 0 aliphatic carbocycles. The van der Waals surface area contributed by atoms with Crippen molar-refractivity contribution >= 4 is 21.8 Å². The maximum atomic E-state index is 12.7. The molecule has 5 heteroatoms. The molecule has 1 fully saturated rings. The lowest BCUT2D eigenvalue weighted by Gasteiger charge is -2.25. The van der Waals surface area contributed by atoms with Gasteiger partial charge in [0.15, 0.2) is 0 Å². The van der Waals surface area contributed by atoms with Crippen LogP contribution in [0.5, 0.6) is 0 Å². The average Bonchev–Trinajstić information content (AvgIpc) is 3.04. The van der Waals surface area contributed by atoms with E-state index in [0.29, 0.717) is 13.1 Å². The van der Waals surface area contributed by atoms with Crippen molar-refractivity contribution in [2.75, 3.05) is 19.7 Å². The topological polar surface area (TPSA) is 34.5 Å². The Bertz CT molecular complexity index is 464. The van der Waals surface area contributed by atoms with Crippen LogP contribution in [0.3, 0.4) is 0 Å². The lowest BCUT2D eigenvalue weighted by atomic mass is 10.2. The maximum absolute atomic E-state index is 12.7. The van der Waals surface area contributed by atoms with Crippen molar-refractivity contribution in [1.29, 1.82) is 0 Å². The molecular weight excluding hydrogens is 320 g/mol. The second-order valence-corrected chi connectivity index (χ2v) is 6.44. The van der Waals surface area contributed by atoms with Gasteiger partial charge in [0, 0.05) is 36.4 Å². The zero-order valence-electron chi connectivity index (χ0n) is 12.4. The van der Waals surface area contributed by atoms with Crippen LogP contribution in [0.1, 0.15) is 50.1 Å². The molecule has 1 unspecified atom stereocenters. The van der Waals surface area contributed by atoms with Crippen LogP contribution >= 0.6 is 15.9 Å². The summed E-state index contributed by atoms with van der Waals surface area (Å²) < 4.78 is 8.61. The van der Waals surface area contributed by atoms with Crippen LogP contribution in [-0.2, 0) is 4.74 Å². The van der Waals surface area contributed by atoms with Crippen molar-refractivity contribution in [1.82, 2.24) is 9.47 Å². The van der Waals surface area contributed by atoms with Gasteiger partial charge in [-0.2, -0.15) is 0 Å². The Balaban J connectivity index is 2.15. The molecule has 0 spiro atoms. The van der Waals surface area contributed by atoms with Gasteiger partial charge in [0.2, 0.25) is 0 Å². The van der Waals surface area contributed by atoms with Gasteiger partial charge in [0.25, 0.3) is 5.91 Å². The zero-order chi connectivity index (χ0) is 14.7. The first-order chi connectivity index (χ1) is 9.52. The molecule has 1 amide bonds. The van der Waals surface area contributed by atoms with Crippen LogP contribution in [0.15, 0.2) is 16.7 Å². The second-order valence-electron chi connectivity index (χ2n) is 5.52. The number of carbonyl (C=O) groups excluding carboxylic acids is 1. The Hall–Kier alpha value is -0.810. The molecule has 2 rings (SSSR count). The van der Waals surface area contributed by atoms with Crippen LogP contribution in [-0.4, -0.2) is 41.2 Å². The average molecular weight is 343 g/mol. The molecule has 112 valence electrons. The maximum Gasteiger partial charge on any atom is 0.270 e. The van der Waals surface area contributed by atoms with Gasteiger partial charge in [-0.15, -0.1) is 0 Å². The molecule has 4 nitrogen and oxygen atoms in total. The lowest BCUT2D eigenvalue weighted by molar-refractivity contribution is 0.0530. The normalized spacial score (nSPS) is 18.8. The fraction of sp³-hybridized carbons (Fsp3) is 0.667. The van der Waals surface area contributed by atoms with Crippen molar-refractivity contribution in [2.45, 2.75) is 45.8 Å². The monoisotopic (exact) mass is 342 g/mol. The summed E-state index contributed by atoms with van der Waals surface area (Å²) >= 11 is 3.46. The van der Waals surface area contributed by atoms with Gasteiger partial charge < -0.3 is 14.2 Å². The Morgan fingerprint density at radius 2 is 2.35 bits per heavy atom. The van der Waals surface area contributed by atoms with E-state index in [1.165, 1.54) is 0 Å². The lowest BCUT2D eigenvalue weighted by Crippen LogP contribution is -2.38. The molecule has 0 bridgehead atoms. The Morgan fingerprint density at radius 3 is 2.90 bits per heavy atom. The predicted molar refractivity (Wildman–Crippen MR) is 83.1 cm³/mol. The van der Waals surface area contributed by atoms with Gasteiger partial charge in [-0.1, -0.05) is 0 Å². The quantitative estimate of drug-likeness (QED) is 0.820. The molecule has 1 aromatic rings. The molecule has 20 heavy (non-hydrogen) atoms. The van der Waals surface area contributed by atoms with Crippen LogP contribution in [0, 0.1) is 0 Å². The van der Waals surface area contributed by atoms with Gasteiger partial charge in [-0.05, 0) is 55.6 Å². The second kappa shape index (κ2) is 6.76. The van der Waals surface area contributed by atoms with Crippen LogP contribution in [0.2, 0.25) is 0 Å². The molecule has 1 aromatic heterocycles. The smallest absolute Gasteiger partial charge is 0.270 e. The van der Waals surface area contributed by atoms with E-state index in [9.17, 15) is 4.79 Å². The standard InChI is InChI=1S/C15H23BrN2O2/c1-4-17(10-13-6-5-7-20-13)15(19)14-8-12(16)9-18(14)11(2)3/h8-9,11,13H,4-7,10H2,1-3H3. The summed E-state index contributed by atoms with van der Waals surface area (Å²) in [5.74, 6) is 0.0856. The van der Waals surface area contributed by atoms with Crippen LogP contribution in [0.25, 0.3) is 0 Å². The van der Waals surface area contributed by atoms with Crippen LogP contribution < -0.4 is 0 Å². The Labute approximate surface area is 129 Å². The SMILES string of the molecule is CCN(CC1CCCO1)C(=O)c1cc(Br)cn1C(C)C. The first-order valence-corrected chi connectivity index (χ1v) is 8.10. The highest BCUT2D eigenvalue weighted by Gasteiger charge is 2.24. The highest BCUT2D eigenvalue weighted by molar-refractivity contribution is 9.10. The summed E-state index contributed by atoms with van der Waals surface area (Å²) in [7, 11) is 0. The highest BCUT2D eigenvalue weighted by atomic mass is 79.9. The molecule has 1 aliphatic heterocycles. The number of ether oxygens (including phenoxy) is 1. The Kier molecular flexibility index (Phi) is 5.27. The third-order valence-electron chi connectivity index (χ3n) is 3.71. The zero-order valence-corrected chi connectivity index (χ0v) is 14.0. The van der Waals surface area contributed by atoms with E-state index in [2.05, 4.69) is 29.8 Å². The molecule has 0 N–H and O–H groups in total. The van der Waals surface area contributed by atoms with Gasteiger partial charge in [-0.3, -0.25) is 4.79 Å². The minimum atomic E-state index is 0.0856. The molecule has 0 saturated carbocycles. The first-order valence-electron chi connectivity index (χ1n) is 7.31. The fourth-order valence-electron chi connectivity index (χ4n) is 2.60. The van der Waals surface area contributed by atoms with Crippen LogP contribution in [0.4, 0.5) is 0 Å². The molecule has 1 aliphatic rings. The van der Waals surface area contributed by atoms with Crippen molar-refractivity contribution in [3.05, 3.63) is 22.4 Å². The molecule has 1 saturated heterocycles. The number of amides is 1. The molecule has 0 aromatic carbocycles. The van der Waals surface area contributed by atoms with Gasteiger partial charge in [0.05, 0.1) is 6.10 Å². The van der Waals surface area contributed by atoms with E-state index in [4.69, 9.17) is 4.74 Å². The van der Waals surface area contributed by atoms with E-state index in [-0.39, 0.29) is 18.1 Å². The summed E-state index contributed by atoms with van der Waals surface area (Å²) in [5, 5.41) is 0. The minimum absolute atomic E-state index is 0.0856. The highest BCUT2D eigenvalue weighted by Crippen LogP contribution is 2.22. The fourth-order valence-corrected chi connectivity index (χ4v) is 3.03. The Morgan fingerprint density at radius 1 is 1.60 bits per heavy atom. The van der Waals surface area contributed by atoms with E-state index >= 15 is 0 Å². The number of nitrogens with zero attached hydrogens (tertiary/aromatic N) is 2. The van der Waals surface area contributed by atoms with Gasteiger partial charge >= 0.3 is 0 Å². The van der Waals surface area contributed by atoms with E-state index in [0.717, 1.165) is 29.6 Å². The van der Waals surface area contributed by atoms with Crippen molar-refractivity contribution in [2.24, 2.45) is 0 Å². The predicted octanol–water partition coefficient (Wildman–Crippen LogP) is 3.47. The van der Waals surface area contributed by atoms with E-state index in [1.807, 2.05) is 28.7 Å². The number of likely N-dealkylation sites (N-methyl/N-ethyl adjacent to an activating group) is 1.